The first kappa shape index (κ1) is 18.6. The maximum Gasteiger partial charge on any atom is 0.273 e. The van der Waals surface area contributed by atoms with Gasteiger partial charge in [-0.1, -0.05) is 12.1 Å². The van der Waals surface area contributed by atoms with Crippen molar-refractivity contribution in [3.05, 3.63) is 46.4 Å². The number of carbonyl (C=O) groups is 1. The summed E-state index contributed by atoms with van der Waals surface area (Å²) < 4.78 is 9.13. The van der Waals surface area contributed by atoms with E-state index in [-0.39, 0.29) is 11.5 Å². The van der Waals surface area contributed by atoms with Crippen molar-refractivity contribution >= 4 is 22.5 Å². The Labute approximate surface area is 162 Å². The normalized spacial score (nSPS) is 16.5. The molecule has 0 radical (unpaired) electrons. The summed E-state index contributed by atoms with van der Waals surface area (Å²) in [6.45, 7) is 8.41. The van der Waals surface area contributed by atoms with E-state index in [9.17, 15) is 9.59 Å². The molecule has 0 bridgehead atoms. The highest BCUT2D eigenvalue weighted by Gasteiger charge is 2.22. The summed E-state index contributed by atoms with van der Waals surface area (Å²) in [5.74, 6) is -0.0611. The molecule has 1 aliphatic heterocycles. The van der Waals surface area contributed by atoms with Crippen LogP contribution in [0.15, 0.2) is 35.1 Å². The number of aromatic nitrogens is 3. The maximum absolute atomic E-state index is 12.9. The van der Waals surface area contributed by atoms with Crippen LogP contribution in [-0.2, 0) is 9.53 Å². The molecule has 1 saturated heterocycles. The summed E-state index contributed by atoms with van der Waals surface area (Å²) >= 11 is 0. The monoisotopic (exact) mass is 383 g/mol. The summed E-state index contributed by atoms with van der Waals surface area (Å²) in [7, 11) is 0. The van der Waals surface area contributed by atoms with Crippen LogP contribution in [0, 0.1) is 6.92 Å². The zero-order chi connectivity index (χ0) is 19.7. The van der Waals surface area contributed by atoms with Gasteiger partial charge in [-0.15, -0.1) is 0 Å². The fraction of sp³-hybridized carbons (Fsp3) is 0.450. The van der Waals surface area contributed by atoms with E-state index in [0.29, 0.717) is 12.2 Å². The number of rotatable bonds is 5. The minimum Gasteiger partial charge on any atom is -0.379 e. The zero-order valence-corrected chi connectivity index (χ0v) is 16.2. The second-order valence-corrected chi connectivity index (χ2v) is 7.15. The van der Waals surface area contributed by atoms with Gasteiger partial charge in [0.25, 0.3) is 5.56 Å². The van der Waals surface area contributed by atoms with Gasteiger partial charge in [-0.2, -0.15) is 4.98 Å². The van der Waals surface area contributed by atoms with Crippen molar-refractivity contribution in [2.45, 2.75) is 19.9 Å². The van der Waals surface area contributed by atoms with Crippen molar-refractivity contribution in [2.24, 2.45) is 0 Å². The van der Waals surface area contributed by atoms with Crippen molar-refractivity contribution in [3.63, 3.8) is 0 Å². The molecule has 1 amide bonds. The largest absolute Gasteiger partial charge is 0.379 e. The highest BCUT2D eigenvalue weighted by Crippen LogP contribution is 2.24. The van der Waals surface area contributed by atoms with Crippen LogP contribution in [0.5, 0.6) is 0 Å². The van der Waals surface area contributed by atoms with Gasteiger partial charge >= 0.3 is 0 Å². The number of hydrogen-bond acceptors (Lipinski definition) is 5. The van der Waals surface area contributed by atoms with Crippen LogP contribution in [0.2, 0.25) is 0 Å². The highest BCUT2D eigenvalue weighted by molar-refractivity contribution is 5.94. The maximum atomic E-state index is 12.9. The molecule has 0 unspecified atom stereocenters. The van der Waals surface area contributed by atoms with Gasteiger partial charge in [-0.05, 0) is 26.0 Å². The van der Waals surface area contributed by atoms with E-state index in [0.717, 1.165) is 49.4 Å². The number of amides is 1. The third kappa shape index (κ3) is 3.41. The second kappa shape index (κ2) is 7.73. The Morgan fingerprint density at radius 2 is 2.04 bits per heavy atom. The molecule has 0 aliphatic carbocycles. The molecule has 1 aliphatic rings. The predicted molar refractivity (Wildman–Crippen MR) is 107 cm³/mol. The minimum atomic E-state index is -0.449. The van der Waals surface area contributed by atoms with Gasteiger partial charge < -0.3 is 10.1 Å². The Hall–Kier alpha value is -2.71. The van der Waals surface area contributed by atoms with Crippen LogP contribution in [0.3, 0.4) is 0 Å². The summed E-state index contributed by atoms with van der Waals surface area (Å²) in [5.41, 5.74) is 1.93. The molecule has 3 heterocycles. The number of nitrogens with zero attached hydrogens (tertiary/aromatic N) is 4. The molecule has 8 nitrogen and oxygen atoms in total. The van der Waals surface area contributed by atoms with Crippen LogP contribution in [-0.4, -0.2) is 64.4 Å². The van der Waals surface area contributed by atoms with Crippen LogP contribution < -0.4 is 10.9 Å². The zero-order valence-electron chi connectivity index (χ0n) is 16.2. The lowest BCUT2D eigenvalue weighted by Crippen LogP contribution is -2.42. The van der Waals surface area contributed by atoms with Crippen LogP contribution in [0.1, 0.15) is 18.7 Å². The molecular weight excluding hydrogens is 358 g/mol. The molecule has 3 aromatic rings. The first-order chi connectivity index (χ1) is 13.6. The Morgan fingerprint density at radius 3 is 2.82 bits per heavy atom. The third-order valence-corrected chi connectivity index (χ3v) is 5.27. The molecule has 2 aromatic heterocycles. The van der Waals surface area contributed by atoms with Gasteiger partial charge in [0.05, 0.1) is 18.7 Å². The van der Waals surface area contributed by atoms with Crippen LogP contribution in [0.25, 0.3) is 16.6 Å². The Kier molecular flexibility index (Phi) is 5.15. The van der Waals surface area contributed by atoms with Crippen LogP contribution in [0.4, 0.5) is 0 Å². The number of morpholine rings is 1. The van der Waals surface area contributed by atoms with E-state index < -0.39 is 6.04 Å². The van der Waals surface area contributed by atoms with Gasteiger partial charge in [0.1, 0.15) is 6.04 Å². The first-order valence-electron chi connectivity index (χ1n) is 9.63. The SMILES string of the molecule is Cc1cc(=O)nc2c3ccccc3n([C@H](C)C(=O)NCCN3CCOCC3)n12. The smallest absolute Gasteiger partial charge is 0.273 e. The van der Waals surface area contributed by atoms with E-state index in [1.165, 1.54) is 6.07 Å². The lowest BCUT2D eigenvalue weighted by Gasteiger charge is -2.26. The number of ether oxygens (including phenoxy) is 1. The molecule has 0 saturated carbocycles. The number of carbonyl (C=O) groups excluding carboxylic acids is 1. The topological polar surface area (TPSA) is 80.9 Å². The number of fused-ring (bicyclic) bond motifs is 3. The fourth-order valence-corrected chi connectivity index (χ4v) is 3.81. The van der Waals surface area contributed by atoms with Crippen molar-refractivity contribution in [3.8, 4) is 0 Å². The average Bonchev–Trinajstić information content (AvgIpc) is 3.03. The molecule has 0 spiro atoms. The third-order valence-electron chi connectivity index (χ3n) is 5.27. The van der Waals surface area contributed by atoms with E-state index in [1.807, 2.05) is 47.3 Å². The van der Waals surface area contributed by atoms with Crippen molar-refractivity contribution in [1.29, 1.82) is 0 Å². The molecule has 28 heavy (non-hydrogen) atoms. The molecule has 1 atom stereocenters. The van der Waals surface area contributed by atoms with E-state index in [4.69, 9.17) is 4.74 Å². The summed E-state index contributed by atoms with van der Waals surface area (Å²) in [4.78, 5) is 31.3. The Bertz CT molecular complexity index is 1060. The molecule has 8 heteroatoms. The summed E-state index contributed by atoms with van der Waals surface area (Å²) in [6, 6.07) is 8.76. The van der Waals surface area contributed by atoms with Gasteiger partial charge in [0.15, 0.2) is 5.65 Å². The highest BCUT2D eigenvalue weighted by atomic mass is 16.5. The van der Waals surface area contributed by atoms with Gasteiger partial charge in [-0.3, -0.25) is 19.2 Å². The quantitative estimate of drug-likeness (QED) is 0.710. The van der Waals surface area contributed by atoms with E-state index in [1.54, 1.807) is 0 Å². The minimum absolute atomic E-state index is 0.0611. The van der Waals surface area contributed by atoms with Gasteiger partial charge in [-0.25, -0.2) is 4.52 Å². The number of benzene rings is 1. The number of hydrogen-bond donors (Lipinski definition) is 1. The van der Waals surface area contributed by atoms with Gasteiger partial charge in [0, 0.05) is 43.3 Å². The number of para-hydroxylation sites is 1. The fourth-order valence-electron chi connectivity index (χ4n) is 3.81. The molecular formula is C20H25N5O3. The molecule has 1 fully saturated rings. The summed E-state index contributed by atoms with van der Waals surface area (Å²) in [6.07, 6.45) is 0. The lowest BCUT2D eigenvalue weighted by molar-refractivity contribution is -0.124. The summed E-state index contributed by atoms with van der Waals surface area (Å²) in [5, 5.41) is 3.90. The standard InChI is InChI=1S/C20H25N5O3/c1-14-13-18(26)22-19-16-5-3-4-6-17(16)25(24(14)19)15(2)20(27)21-7-8-23-9-11-28-12-10-23/h3-6,13,15H,7-12H2,1-2H3,(H,21,27)/t15-/m1/s1. The van der Waals surface area contributed by atoms with Crippen LogP contribution >= 0.6 is 0 Å². The molecule has 1 N–H and O–H groups in total. The van der Waals surface area contributed by atoms with Crippen molar-refractivity contribution in [2.75, 3.05) is 39.4 Å². The molecule has 148 valence electrons. The van der Waals surface area contributed by atoms with Crippen molar-refractivity contribution < 1.29 is 9.53 Å². The van der Waals surface area contributed by atoms with Gasteiger partial charge in [0.2, 0.25) is 5.91 Å². The predicted octanol–water partition coefficient (Wildman–Crippen LogP) is 0.967. The first-order valence-corrected chi connectivity index (χ1v) is 9.63. The van der Waals surface area contributed by atoms with Crippen molar-refractivity contribution in [1.82, 2.24) is 24.4 Å². The lowest BCUT2D eigenvalue weighted by atomic mass is 10.2. The van der Waals surface area contributed by atoms with E-state index >= 15 is 0 Å². The number of nitrogens with one attached hydrogen (secondary N) is 1. The average molecular weight is 383 g/mol. The molecule has 1 aromatic carbocycles. The second-order valence-electron chi connectivity index (χ2n) is 7.15. The molecule has 4 rings (SSSR count). The van der Waals surface area contributed by atoms with E-state index in [2.05, 4.69) is 15.2 Å². The Morgan fingerprint density at radius 1 is 1.29 bits per heavy atom. The Balaban J connectivity index is 1.61. The number of aryl methyl sites for hydroxylation is 1.